The molecule has 0 spiro atoms. The Morgan fingerprint density at radius 3 is 2.44 bits per heavy atom. The van der Waals surface area contributed by atoms with Gasteiger partial charge in [-0.05, 0) is 50.1 Å². The van der Waals surface area contributed by atoms with Crippen LogP contribution < -0.4 is 11.1 Å². The van der Waals surface area contributed by atoms with E-state index in [2.05, 4.69) is 35.8 Å². The van der Waals surface area contributed by atoms with Gasteiger partial charge in [0, 0.05) is 4.90 Å². The highest BCUT2D eigenvalue weighted by Gasteiger charge is 2.40. The molecule has 98 valence electrons. The predicted octanol–water partition coefficient (Wildman–Crippen LogP) is 2.47. The molecule has 1 saturated carbocycles. The molecular formula is C14H20N2OS. The van der Waals surface area contributed by atoms with Crippen LogP contribution in [0, 0.1) is 0 Å². The summed E-state index contributed by atoms with van der Waals surface area (Å²) in [7, 11) is 0. The van der Waals surface area contributed by atoms with Gasteiger partial charge in [0.15, 0.2) is 0 Å². The van der Waals surface area contributed by atoms with E-state index < -0.39 is 5.54 Å². The zero-order valence-corrected chi connectivity index (χ0v) is 11.7. The minimum absolute atomic E-state index is 0.00873. The lowest BCUT2D eigenvalue weighted by Crippen LogP contribution is -2.58. The molecular weight excluding hydrogens is 244 g/mol. The molecule has 1 aromatic rings. The topological polar surface area (TPSA) is 55.1 Å². The van der Waals surface area contributed by atoms with Gasteiger partial charge in [0.25, 0.3) is 0 Å². The van der Waals surface area contributed by atoms with E-state index in [0.29, 0.717) is 0 Å². The van der Waals surface area contributed by atoms with Crippen LogP contribution in [0.1, 0.15) is 37.8 Å². The first kappa shape index (κ1) is 13.4. The average Bonchev–Trinajstić information content (AvgIpc) is 2.35. The molecule has 4 heteroatoms. The number of thioether (sulfide) groups is 1. The van der Waals surface area contributed by atoms with Crippen LogP contribution in [-0.2, 0) is 4.79 Å². The quantitative estimate of drug-likeness (QED) is 0.821. The first-order valence-corrected chi connectivity index (χ1v) is 7.51. The summed E-state index contributed by atoms with van der Waals surface area (Å²) in [5.74, 6) is -0.0183. The Labute approximate surface area is 113 Å². The van der Waals surface area contributed by atoms with E-state index in [9.17, 15) is 4.79 Å². The van der Waals surface area contributed by atoms with Crippen LogP contribution in [0.3, 0.4) is 0 Å². The lowest BCUT2D eigenvalue weighted by Gasteiger charge is -2.37. The van der Waals surface area contributed by atoms with Crippen molar-refractivity contribution < 1.29 is 4.79 Å². The van der Waals surface area contributed by atoms with Crippen molar-refractivity contribution in [2.45, 2.75) is 42.7 Å². The van der Waals surface area contributed by atoms with Crippen LogP contribution in [0.25, 0.3) is 0 Å². The zero-order chi connectivity index (χ0) is 13.2. The van der Waals surface area contributed by atoms with Crippen molar-refractivity contribution in [1.29, 1.82) is 0 Å². The van der Waals surface area contributed by atoms with Crippen LogP contribution in [0.15, 0.2) is 29.2 Å². The minimum atomic E-state index is -0.618. The Morgan fingerprint density at radius 1 is 1.39 bits per heavy atom. The van der Waals surface area contributed by atoms with E-state index in [0.717, 1.165) is 24.8 Å². The smallest absolute Gasteiger partial charge is 0.240 e. The van der Waals surface area contributed by atoms with Crippen molar-refractivity contribution in [2.24, 2.45) is 5.73 Å². The summed E-state index contributed by atoms with van der Waals surface area (Å²) in [6, 6.07) is 8.27. The van der Waals surface area contributed by atoms with Crippen LogP contribution in [-0.4, -0.2) is 17.7 Å². The van der Waals surface area contributed by atoms with Gasteiger partial charge in [-0.1, -0.05) is 12.1 Å². The lowest BCUT2D eigenvalue weighted by molar-refractivity contribution is -0.129. The second-order valence-electron chi connectivity index (χ2n) is 4.98. The van der Waals surface area contributed by atoms with E-state index >= 15 is 0 Å². The fourth-order valence-corrected chi connectivity index (χ4v) is 2.51. The number of amides is 1. The molecule has 0 aliphatic heterocycles. The van der Waals surface area contributed by atoms with Crippen molar-refractivity contribution in [2.75, 3.05) is 6.26 Å². The fourth-order valence-electron chi connectivity index (χ4n) is 2.10. The summed E-state index contributed by atoms with van der Waals surface area (Å²) >= 11 is 1.71. The highest BCUT2D eigenvalue weighted by atomic mass is 32.2. The SMILES string of the molecule is CSc1ccc(C(C)NC(=O)C2(N)CCC2)cc1. The van der Waals surface area contributed by atoms with E-state index in [1.807, 2.05) is 6.92 Å². The standard InChI is InChI=1S/C14H20N2OS/c1-10(11-4-6-12(18-2)7-5-11)16-13(17)14(15)8-3-9-14/h4-7,10H,3,8-9,15H2,1-2H3,(H,16,17). The largest absolute Gasteiger partial charge is 0.348 e. The monoisotopic (exact) mass is 264 g/mol. The second kappa shape index (κ2) is 5.33. The first-order valence-electron chi connectivity index (χ1n) is 6.29. The summed E-state index contributed by atoms with van der Waals surface area (Å²) in [5, 5.41) is 3.01. The number of carbonyl (C=O) groups excluding carboxylic acids is 1. The van der Waals surface area contributed by atoms with Crippen molar-refractivity contribution >= 4 is 17.7 Å². The maximum absolute atomic E-state index is 12.0. The van der Waals surface area contributed by atoms with E-state index in [4.69, 9.17) is 5.73 Å². The molecule has 1 atom stereocenters. The Hall–Kier alpha value is -1.00. The Balaban J connectivity index is 1.98. The summed E-state index contributed by atoms with van der Waals surface area (Å²) in [6.45, 7) is 1.99. The number of rotatable bonds is 4. The zero-order valence-electron chi connectivity index (χ0n) is 10.9. The average molecular weight is 264 g/mol. The molecule has 1 aliphatic carbocycles. The third kappa shape index (κ3) is 2.70. The third-order valence-electron chi connectivity index (χ3n) is 3.66. The molecule has 2 rings (SSSR count). The number of benzene rings is 1. The molecule has 3 N–H and O–H groups in total. The van der Waals surface area contributed by atoms with Crippen LogP contribution in [0.2, 0.25) is 0 Å². The highest BCUT2D eigenvalue weighted by molar-refractivity contribution is 7.98. The summed E-state index contributed by atoms with van der Waals surface area (Å²) in [4.78, 5) is 13.2. The highest BCUT2D eigenvalue weighted by Crippen LogP contribution is 2.30. The number of nitrogens with two attached hydrogens (primary N) is 1. The maximum atomic E-state index is 12.0. The molecule has 0 saturated heterocycles. The van der Waals surface area contributed by atoms with Crippen molar-refractivity contribution in [3.63, 3.8) is 0 Å². The van der Waals surface area contributed by atoms with Gasteiger partial charge in [-0.2, -0.15) is 0 Å². The molecule has 3 nitrogen and oxygen atoms in total. The normalized spacial score (nSPS) is 18.8. The molecule has 1 unspecified atom stereocenters. The summed E-state index contributed by atoms with van der Waals surface area (Å²) in [5.41, 5.74) is 6.50. The number of hydrogen-bond donors (Lipinski definition) is 2. The maximum Gasteiger partial charge on any atom is 0.240 e. The van der Waals surface area contributed by atoms with Crippen molar-refractivity contribution in [1.82, 2.24) is 5.32 Å². The van der Waals surface area contributed by atoms with Gasteiger partial charge in [0.05, 0.1) is 11.6 Å². The van der Waals surface area contributed by atoms with E-state index in [1.54, 1.807) is 11.8 Å². The van der Waals surface area contributed by atoms with Crippen LogP contribution in [0.5, 0.6) is 0 Å². The van der Waals surface area contributed by atoms with Crippen LogP contribution in [0.4, 0.5) is 0 Å². The Bertz CT molecular complexity index is 426. The van der Waals surface area contributed by atoms with Gasteiger partial charge in [-0.25, -0.2) is 0 Å². The van der Waals surface area contributed by atoms with Crippen molar-refractivity contribution in [3.05, 3.63) is 29.8 Å². The van der Waals surface area contributed by atoms with Gasteiger partial charge in [-0.15, -0.1) is 11.8 Å². The van der Waals surface area contributed by atoms with Gasteiger partial charge in [-0.3, -0.25) is 4.79 Å². The van der Waals surface area contributed by atoms with Gasteiger partial charge >= 0.3 is 0 Å². The lowest BCUT2D eigenvalue weighted by atomic mass is 9.77. The molecule has 1 aromatic carbocycles. The van der Waals surface area contributed by atoms with Gasteiger partial charge < -0.3 is 11.1 Å². The molecule has 18 heavy (non-hydrogen) atoms. The number of carbonyl (C=O) groups is 1. The summed E-state index contributed by atoms with van der Waals surface area (Å²) in [6.07, 6.45) is 4.71. The molecule has 0 bridgehead atoms. The molecule has 0 aromatic heterocycles. The summed E-state index contributed by atoms with van der Waals surface area (Å²) < 4.78 is 0. The number of hydrogen-bond acceptors (Lipinski definition) is 3. The van der Waals surface area contributed by atoms with Crippen molar-refractivity contribution in [3.8, 4) is 0 Å². The predicted molar refractivity (Wildman–Crippen MR) is 75.6 cm³/mol. The molecule has 1 amide bonds. The second-order valence-corrected chi connectivity index (χ2v) is 5.86. The molecule has 0 heterocycles. The van der Waals surface area contributed by atoms with E-state index in [1.165, 1.54) is 4.90 Å². The van der Waals surface area contributed by atoms with Gasteiger partial charge in [0.1, 0.15) is 0 Å². The first-order chi connectivity index (χ1) is 8.55. The third-order valence-corrected chi connectivity index (χ3v) is 4.40. The molecule has 1 aliphatic rings. The fraction of sp³-hybridized carbons (Fsp3) is 0.500. The molecule has 0 radical (unpaired) electrons. The minimum Gasteiger partial charge on any atom is -0.348 e. The molecule has 1 fully saturated rings. The number of nitrogens with one attached hydrogen (secondary N) is 1. The Kier molecular flexibility index (Phi) is 3.97. The van der Waals surface area contributed by atoms with Gasteiger partial charge in [0.2, 0.25) is 5.91 Å². The van der Waals surface area contributed by atoms with E-state index in [-0.39, 0.29) is 11.9 Å². The van der Waals surface area contributed by atoms with Crippen LogP contribution >= 0.6 is 11.8 Å². The Morgan fingerprint density at radius 2 is 2.00 bits per heavy atom.